The number of benzene rings is 2. The van der Waals surface area contributed by atoms with Gasteiger partial charge in [-0.15, -0.1) is 0 Å². The Morgan fingerprint density at radius 1 is 0.957 bits per heavy atom. The monoisotopic (exact) mass is 382 g/mol. The van der Waals surface area contributed by atoms with E-state index in [1.165, 1.54) is 27.8 Å². The molecule has 0 aromatic heterocycles. The smallest absolute Gasteiger partial charge is 1.00 e. The molecule has 2 aromatic rings. The van der Waals surface area contributed by atoms with Crippen molar-refractivity contribution in [1.82, 2.24) is 0 Å². The quantitative estimate of drug-likeness (QED) is 0.307. The van der Waals surface area contributed by atoms with Crippen molar-refractivity contribution >= 4 is 10.1 Å². The molecule has 0 saturated carbocycles. The molecule has 1 N–H and O–H groups in total. The zero-order chi connectivity index (χ0) is 14.9. The van der Waals surface area contributed by atoms with E-state index in [4.69, 9.17) is 4.55 Å². The minimum Gasteiger partial charge on any atom is -1.00 e. The standard InChI is InChI=1S/C17H18O3S.2K.2H/c18-21(19,20)10-4-3-5-13-8-9-15-12-14-6-1-2-7-16(14)17(15)11-13;;;;/h1-2,6-9,11H,3-5,10,12H2,(H,18,19,20);;;;/q;2*+1;2*-1. The molecule has 0 radical (unpaired) electrons. The topological polar surface area (TPSA) is 54.4 Å². The maximum Gasteiger partial charge on any atom is 1.00 e. The van der Waals surface area contributed by atoms with E-state index in [0.29, 0.717) is 6.42 Å². The second kappa shape index (κ2) is 10.1. The SMILES string of the molecule is O=S(=O)(O)CCCCc1ccc2c(c1)-c1ccccc1C2.[H-].[H-].[K+].[K+]. The van der Waals surface area contributed by atoms with Gasteiger partial charge in [-0.05, 0) is 53.5 Å². The molecule has 114 valence electrons. The summed E-state index contributed by atoms with van der Waals surface area (Å²) in [5, 5.41) is 0. The number of hydrogen-bond donors (Lipinski definition) is 1. The van der Waals surface area contributed by atoms with Crippen LogP contribution in [0.15, 0.2) is 42.5 Å². The van der Waals surface area contributed by atoms with E-state index >= 15 is 0 Å². The van der Waals surface area contributed by atoms with Gasteiger partial charge in [0.1, 0.15) is 0 Å². The summed E-state index contributed by atoms with van der Waals surface area (Å²) in [7, 11) is -3.83. The third kappa shape index (κ3) is 6.38. The fourth-order valence-electron chi connectivity index (χ4n) is 2.94. The minimum atomic E-state index is -3.83. The van der Waals surface area contributed by atoms with Gasteiger partial charge < -0.3 is 2.85 Å². The van der Waals surface area contributed by atoms with Crippen molar-refractivity contribution in [3.63, 3.8) is 0 Å². The zero-order valence-electron chi connectivity index (χ0n) is 15.7. The summed E-state index contributed by atoms with van der Waals surface area (Å²) in [5.41, 5.74) is 6.57. The molecule has 0 spiro atoms. The molecular formula is C17H20K2O3S. The van der Waals surface area contributed by atoms with Crippen molar-refractivity contribution in [2.45, 2.75) is 25.7 Å². The van der Waals surface area contributed by atoms with Crippen LogP contribution in [0.2, 0.25) is 0 Å². The van der Waals surface area contributed by atoms with Gasteiger partial charge in [0.05, 0.1) is 5.75 Å². The second-order valence-electron chi connectivity index (χ2n) is 5.57. The average molecular weight is 383 g/mol. The first kappa shape index (κ1) is 22.7. The fourth-order valence-corrected chi connectivity index (χ4v) is 3.51. The van der Waals surface area contributed by atoms with Crippen LogP contribution in [0.5, 0.6) is 0 Å². The summed E-state index contributed by atoms with van der Waals surface area (Å²) in [6.45, 7) is 0. The third-order valence-corrected chi connectivity index (χ3v) is 4.79. The van der Waals surface area contributed by atoms with Gasteiger partial charge in [0.25, 0.3) is 10.1 Å². The molecule has 23 heavy (non-hydrogen) atoms. The van der Waals surface area contributed by atoms with E-state index in [1.807, 2.05) is 0 Å². The average Bonchev–Trinajstić information content (AvgIpc) is 2.81. The molecule has 0 atom stereocenters. The van der Waals surface area contributed by atoms with Crippen LogP contribution >= 0.6 is 0 Å². The van der Waals surface area contributed by atoms with Crippen molar-refractivity contribution in [3.05, 3.63) is 59.2 Å². The summed E-state index contributed by atoms with van der Waals surface area (Å²) in [6.07, 6.45) is 3.09. The number of hydrogen-bond acceptors (Lipinski definition) is 2. The maximum absolute atomic E-state index is 10.7. The predicted molar refractivity (Wildman–Crippen MR) is 86.3 cm³/mol. The Bertz CT molecular complexity index is 783. The number of unbranched alkanes of at least 4 members (excludes halogenated alkanes) is 1. The van der Waals surface area contributed by atoms with Crippen molar-refractivity contribution in [2.75, 3.05) is 5.75 Å². The van der Waals surface area contributed by atoms with Crippen LogP contribution < -0.4 is 103 Å². The fraction of sp³-hybridized carbons (Fsp3) is 0.294. The largest absolute Gasteiger partial charge is 1.00 e. The summed E-state index contributed by atoms with van der Waals surface area (Å²) < 4.78 is 30.1. The molecule has 1 aliphatic rings. The van der Waals surface area contributed by atoms with Crippen LogP contribution in [-0.2, 0) is 23.0 Å². The van der Waals surface area contributed by atoms with Crippen molar-refractivity contribution < 1.29 is 119 Å². The van der Waals surface area contributed by atoms with E-state index < -0.39 is 10.1 Å². The summed E-state index contributed by atoms with van der Waals surface area (Å²) in [4.78, 5) is 0. The Balaban J connectivity index is 0. The normalized spacial score (nSPS) is 11.9. The first-order valence-corrected chi connectivity index (χ1v) is 8.79. The van der Waals surface area contributed by atoms with Gasteiger partial charge in [-0.2, -0.15) is 8.42 Å². The molecule has 3 rings (SSSR count). The van der Waals surface area contributed by atoms with Crippen LogP contribution in [0.1, 0.15) is 32.4 Å². The minimum absolute atomic E-state index is 0. The van der Waals surface area contributed by atoms with Crippen LogP contribution in [0.3, 0.4) is 0 Å². The third-order valence-electron chi connectivity index (χ3n) is 3.98. The van der Waals surface area contributed by atoms with Crippen LogP contribution in [0.25, 0.3) is 11.1 Å². The van der Waals surface area contributed by atoms with Gasteiger partial charge in [-0.25, -0.2) is 0 Å². The number of fused-ring (bicyclic) bond motifs is 3. The molecule has 0 amide bonds. The zero-order valence-corrected chi connectivity index (χ0v) is 20.8. The Labute approximate surface area is 226 Å². The molecule has 2 aromatic carbocycles. The first-order chi connectivity index (χ1) is 10.0. The summed E-state index contributed by atoms with van der Waals surface area (Å²) >= 11 is 0. The molecule has 6 heteroatoms. The van der Waals surface area contributed by atoms with Crippen molar-refractivity contribution in [3.8, 4) is 11.1 Å². The number of rotatable bonds is 5. The Morgan fingerprint density at radius 2 is 1.65 bits per heavy atom. The summed E-state index contributed by atoms with van der Waals surface area (Å²) in [6, 6.07) is 15.0. The Kier molecular flexibility index (Phi) is 9.94. The molecule has 0 unspecified atom stereocenters. The Morgan fingerprint density at radius 3 is 2.39 bits per heavy atom. The van der Waals surface area contributed by atoms with Gasteiger partial charge >= 0.3 is 103 Å². The van der Waals surface area contributed by atoms with Crippen LogP contribution in [-0.4, -0.2) is 18.7 Å². The second-order valence-corrected chi connectivity index (χ2v) is 7.14. The van der Waals surface area contributed by atoms with Crippen molar-refractivity contribution in [2.24, 2.45) is 0 Å². The molecular weight excluding hydrogens is 362 g/mol. The van der Waals surface area contributed by atoms with E-state index in [9.17, 15) is 8.42 Å². The maximum atomic E-state index is 10.7. The van der Waals surface area contributed by atoms with Gasteiger partial charge in [0, 0.05) is 0 Å². The molecule has 1 aliphatic carbocycles. The first-order valence-electron chi connectivity index (χ1n) is 7.18. The van der Waals surface area contributed by atoms with E-state index in [2.05, 4.69) is 42.5 Å². The van der Waals surface area contributed by atoms with Crippen LogP contribution in [0.4, 0.5) is 0 Å². The summed E-state index contributed by atoms with van der Waals surface area (Å²) in [5.74, 6) is -0.152. The molecule has 0 aliphatic heterocycles. The number of aryl methyl sites for hydroxylation is 1. The van der Waals surface area contributed by atoms with Crippen LogP contribution in [0, 0.1) is 0 Å². The van der Waals surface area contributed by atoms with Gasteiger partial charge in [-0.3, -0.25) is 4.55 Å². The molecule has 3 nitrogen and oxygen atoms in total. The van der Waals surface area contributed by atoms with Crippen molar-refractivity contribution in [1.29, 1.82) is 0 Å². The van der Waals surface area contributed by atoms with Gasteiger partial charge in [0.15, 0.2) is 0 Å². The van der Waals surface area contributed by atoms with E-state index in [-0.39, 0.29) is 111 Å². The van der Waals surface area contributed by atoms with Gasteiger partial charge in [-0.1, -0.05) is 42.5 Å². The Hall–Kier alpha value is 1.62. The molecule has 0 fully saturated rings. The van der Waals surface area contributed by atoms with Gasteiger partial charge in [0.2, 0.25) is 0 Å². The van der Waals surface area contributed by atoms with E-state index in [1.54, 1.807) is 0 Å². The predicted octanol–water partition coefficient (Wildman–Crippen LogP) is -2.30. The molecule has 0 bridgehead atoms. The molecule has 0 heterocycles. The van der Waals surface area contributed by atoms with E-state index in [0.717, 1.165) is 19.3 Å². The molecule has 0 saturated heterocycles.